The van der Waals surface area contributed by atoms with E-state index >= 15 is 0 Å². The Morgan fingerprint density at radius 3 is 1.97 bits per heavy atom. The van der Waals surface area contributed by atoms with Crippen LogP contribution in [-0.4, -0.2) is 0 Å². The van der Waals surface area contributed by atoms with Gasteiger partial charge < -0.3 is 0 Å². The van der Waals surface area contributed by atoms with Crippen molar-refractivity contribution in [1.29, 1.82) is 0 Å². The SMILES string of the molecule is CCCCCc1c2c(c(CCCCC)c3c1-c1cccc4cccc-3c14)-c1ccc(C)cc1C2. The maximum atomic E-state index is 2.45. The number of aryl methyl sites for hydroxylation is 1. The van der Waals surface area contributed by atoms with Crippen LogP contribution in [0, 0.1) is 6.92 Å². The van der Waals surface area contributed by atoms with Crippen LogP contribution < -0.4 is 0 Å². The molecule has 0 aliphatic heterocycles. The zero-order valence-electron chi connectivity index (χ0n) is 21.1. The largest absolute Gasteiger partial charge is 0.0654 e. The van der Waals surface area contributed by atoms with Crippen molar-refractivity contribution in [3.8, 4) is 33.4 Å². The van der Waals surface area contributed by atoms with E-state index in [0.29, 0.717) is 0 Å². The summed E-state index contributed by atoms with van der Waals surface area (Å²) in [5.74, 6) is 0. The van der Waals surface area contributed by atoms with E-state index in [1.165, 1.54) is 84.4 Å². The van der Waals surface area contributed by atoms with Crippen LogP contribution in [0.5, 0.6) is 0 Å². The predicted octanol–water partition coefficient (Wildman–Crippen LogP) is 9.83. The molecule has 0 amide bonds. The van der Waals surface area contributed by atoms with Crippen LogP contribution in [0.25, 0.3) is 44.2 Å². The highest BCUT2D eigenvalue weighted by Gasteiger charge is 2.34. The Bertz CT molecular complexity index is 1400. The van der Waals surface area contributed by atoms with Gasteiger partial charge >= 0.3 is 0 Å². The average molecular weight is 445 g/mol. The minimum Gasteiger partial charge on any atom is -0.0654 e. The average Bonchev–Trinajstić information content (AvgIpc) is 3.38. The molecular formula is C34H36. The fraction of sp³-hybridized carbons (Fsp3) is 0.353. The molecule has 0 atom stereocenters. The third-order valence-corrected chi connectivity index (χ3v) is 8.22. The topological polar surface area (TPSA) is 0 Å². The smallest absolute Gasteiger partial charge is 0.00103 e. The van der Waals surface area contributed by atoms with Gasteiger partial charge in [-0.05, 0) is 105 Å². The number of hydrogen-bond donors (Lipinski definition) is 0. The first kappa shape index (κ1) is 21.7. The van der Waals surface area contributed by atoms with Crippen LogP contribution in [0.4, 0.5) is 0 Å². The first-order valence-corrected chi connectivity index (χ1v) is 13.6. The summed E-state index contributed by atoms with van der Waals surface area (Å²) >= 11 is 0. The molecule has 172 valence electrons. The number of unbranched alkanes of at least 4 members (excludes halogenated alkanes) is 4. The first-order valence-electron chi connectivity index (χ1n) is 13.6. The van der Waals surface area contributed by atoms with E-state index in [4.69, 9.17) is 0 Å². The van der Waals surface area contributed by atoms with Gasteiger partial charge in [-0.3, -0.25) is 0 Å². The molecule has 0 N–H and O–H groups in total. The Balaban J connectivity index is 1.68. The van der Waals surface area contributed by atoms with Gasteiger partial charge in [0.2, 0.25) is 0 Å². The van der Waals surface area contributed by atoms with Gasteiger partial charge in [0, 0.05) is 0 Å². The van der Waals surface area contributed by atoms with Gasteiger partial charge in [0.05, 0.1) is 0 Å². The minimum atomic E-state index is 1.11. The lowest BCUT2D eigenvalue weighted by Crippen LogP contribution is -2.03. The molecule has 0 saturated heterocycles. The Hall–Kier alpha value is -2.86. The highest BCUT2D eigenvalue weighted by atomic mass is 14.4. The standard InChI is InChI=1S/C34H36/c1-4-6-8-14-26-30-21-24-20-22(3)18-19-25(24)32(30)29(15-9-7-5-2)34-28-17-11-13-23-12-10-16-27(31(23)28)33(26)34/h10-13,16-20H,4-9,14-15,21H2,1-3H3. The summed E-state index contributed by atoms with van der Waals surface area (Å²) in [6, 6.07) is 21.1. The van der Waals surface area contributed by atoms with Gasteiger partial charge in [0.15, 0.2) is 0 Å². The molecule has 0 heterocycles. The van der Waals surface area contributed by atoms with Gasteiger partial charge in [0.1, 0.15) is 0 Å². The predicted molar refractivity (Wildman–Crippen MR) is 148 cm³/mol. The van der Waals surface area contributed by atoms with Crippen molar-refractivity contribution in [2.75, 3.05) is 0 Å². The molecule has 4 aromatic rings. The lowest BCUT2D eigenvalue weighted by atomic mass is 9.82. The van der Waals surface area contributed by atoms with E-state index in [1.807, 2.05) is 0 Å². The second-order valence-electron chi connectivity index (χ2n) is 10.5. The van der Waals surface area contributed by atoms with Crippen molar-refractivity contribution < 1.29 is 0 Å². The molecular weight excluding hydrogens is 408 g/mol. The summed E-state index contributed by atoms with van der Waals surface area (Å²) in [6.07, 6.45) is 11.2. The lowest BCUT2D eigenvalue weighted by molar-refractivity contribution is 0.712. The van der Waals surface area contributed by atoms with E-state index in [1.54, 1.807) is 38.9 Å². The van der Waals surface area contributed by atoms with Crippen LogP contribution in [0.3, 0.4) is 0 Å². The normalized spacial score (nSPS) is 12.8. The number of fused-ring (bicyclic) bond motifs is 6. The molecule has 0 heteroatoms. The molecule has 6 rings (SSSR count). The molecule has 0 bridgehead atoms. The highest BCUT2D eigenvalue weighted by Crippen LogP contribution is 2.56. The van der Waals surface area contributed by atoms with Crippen molar-refractivity contribution in [2.24, 2.45) is 0 Å². The van der Waals surface area contributed by atoms with Gasteiger partial charge in [-0.25, -0.2) is 0 Å². The molecule has 0 nitrogen and oxygen atoms in total. The zero-order chi connectivity index (χ0) is 23.2. The van der Waals surface area contributed by atoms with E-state index in [0.717, 1.165) is 6.42 Å². The molecule has 2 aliphatic rings. The highest BCUT2D eigenvalue weighted by molar-refractivity contribution is 6.18. The monoisotopic (exact) mass is 444 g/mol. The Labute approximate surface area is 205 Å². The molecule has 0 fully saturated rings. The molecule has 34 heavy (non-hydrogen) atoms. The molecule has 0 aromatic heterocycles. The fourth-order valence-corrected chi connectivity index (χ4v) is 6.72. The summed E-state index contributed by atoms with van der Waals surface area (Å²) in [4.78, 5) is 0. The first-order chi connectivity index (χ1) is 16.7. The summed E-state index contributed by atoms with van der Waals surface area (Å²) in [7, 11) is 0. The summed E-state index contributed by atoms with van der Waals surface area (Å²) in [5.41, 5.74) is 17.1. The fourth-order valence-electron chi connectivity index (χ4n) is 6.72. The van der Waals surface area contributed by atoms with Gasteiger partial charge in [0.25, 0.3) is 0 Å². The second kappa shape index (κ2) is 8.73. The zero-order valence-corrected chi connectivity index (χ0v) is 21.1. The van der Waals surface area contributed by atoms with E-state index < -0.39 is 0 Å². The van der Waals surface area contributed by atoms with Gasteiger partial charge in [-0.1, -0.05) is 99.7 Å². The van der Waals surface area contributed by atoms with Crippen LogP contribution >= 0.6 is 0 Å². The molecule has 0 saturated carbocycles. The van der Waals surface area contributed by atoms with Crippen molar-refractivity contribution in [1.82, 2.24) is 0 Å². The summed E-state index contributed by atoms with van der Waals surface area (Å²) in [6.45, 7) is 6.88. The number of hydrogen-bond acceptors (Lipinski definition) is 0. The van der Waals surface area contributed by atoms with Crippen molar-refractivity contribution >= 4 is 10.8 Å². The third-order valence-electron chi connectivity index (χ3n) is 8.22. The van der Waals surface area contributed by atoms with E-state index in [9.17, 15) is 0 Å². The Kier molecular flexibility index (Phi) is 5.56. The Morgan fingerprint density at radius 1 is 0.647 bits per heavy atom. The maximum Gasteiger partial charge on any atom is -0.00103 e. The lowest BCUT2D eigenvalue weighted by Gasteiger charge is -2.22. The van der Waals surface area contributed by atoms with Crippen molar-refractivity contribution in [2.45, 2.75) is 78.6 Å². The van der Waals surface area contributed by atoms with E-state index in [2.05, 4.69) is 75.4 Å². The van der Waals surface area contributed by atoms with Crippen molar-refractivity contribution in [3.05, 3.63) is 82.4 Å². The van der Waals surface area contributed by atoms with Crippen molar-refractivity contribution in [3.63, 3.8) is 0 Å². The molecule has 0 spiro atoms. The number of rotatable bonds is 8. The second-order valence-corrected chi connectivity index (χ2v) is 10.5. The van der Waals surface area contributed by atoms with Crippen LogP contribution in [-0.2, 0) is 19.3 Å². The molecule has 4 aromatic carbocycles. The number of benzene rings is 4. The van der Waals surface area contributed by atoms with Gasteiger partial charge in [-0.15, -0.1) is 0 Å². The summed E-state index contributed by atoms with van der Waals surface area (Å²) < 4.78 is 0. The summed E-state index contributed by atoms with van der Waals surface area (Å²) in [5, 5.41) is 2.88. The van der Waals surface area contributed by atoms with E-state index in [-0.39, 0.29) is 0 Å². The molecule has 0 unspecified atom stereocenters. The van der Waals surface area contributed by atoms with Gasteiger partial charge in [-0.2, -0.15) is 0 Å². The Morgan fingerprint density at radius 2 is 1.29 bits per heavy atom. The molecule has 2 aliphatic carbocycles. The van der Waals surface area contributed by atoms with Crippen LogP contribution in [0.15, 0.2) is 54.6 Å². The maximum absolute atomic E-state index is 2.45. The minimum absolute atomic E-state index is 1.11. The third kappa shape index (κ3) is 3.26. The van der Waals surface area contributed by atoms with Crippen LogP contribution in [0.1, 0.15) is 80.2 Å². The molecule has 0 radical (unpaired) electrons. The quantitative estimate of drug-likeness (QED) is 0.205. The van der Waals surface area contributed by atoms with Crippen LogP contribution in [0.2, 0.25) is 0 Å².